The van der Waals surface area contributed by atoms with Gasteiger partial charge in [-0.2, -0.15) is 0 Å². The maximum Gasteiger partial charge on any atom is 0.233 e. The quantitative estimate of drug-likeness (QED) is 0.767. The van der Waals surface area contributed by atoms with Gasteiger partial charge < -0.3 is 15.4 Å². The molecule has 6 heteroatoms. The van der Waals surface area contributed by atoms with Gasteiger partial charge in [-0.05, 0) is 43.3 Å². The number of benzene rings is 1. The Morgan fingerprint density at radius 2 is 1.87 bits per heavy atom. The molecule has 2 rings (SSSR count). The van der Waals surface area contributed by atoms with Crippen LogP contribution in [0.25, 0.3) is 0 Å². The zero-order chi connectivity index (χ0) is 16.5. The average Bonchev–Trinajstić information content (AvgIpc) is 2.56. The lowest BCUT2D eigenvalue weighted by Gasteiger charge is -2.07. The third-order valence-corrected chi connectivity index (χ3v) is 2.96. The molecule has 0 spiro atoms. The van der Waals surface area contributed by atoms with E-state index in [2.05, 4.69) is 15.6 Å². The molecule has 0 unspecified atom stereocenters. The molecule has 0 aliphatic rings. The lowest BCUT2D eigenvalue weighted by molar-refractivity contribution is -0.126. The topological polar surface area (TPSA) is 80.3 Å². The molecule has 2 N–H and O–H groups in total. The highest BCUT2D eigenvalue weighted by Crippen LogP contribution is 2.15. The maximum absolute atomic E-state index is 11.8. The van der Waals surface area contributed by atoms with Crippen molar-refractivity contribution in [2.75, 3.05) is 11.9 Å². The second-order valence-corrected chi connectivity index (χ2v) is 4.78. The summed E-state index contributed by atoms with van der Waals surface area (Å²) in [7, 11) is 0. The summed E-state index contributed by atoms with van der Waals surface area (Å²) in [6.07, 6.45) is 1.42. The largest absolute Gasteiger partial charge is 0.494 e. The molecule has 1 heterocycles. The van der Waals surface area contributed by atoms with E-state index in [4.69, 9.17) is 4.74 Å². The van der Waals surface area contributed by atoms with Crippen molar-refractivity contribution in [3.8, 4) is 5.75 Å². The minimum atomic E-state index is -0.368. The van der Waals surface area contributed by atoms with Crippen molar-refractivity contribution in [1.29, 1.82) is 0 Å². The van der Waals surface area contributed by atoms with Crippen LogP contribution in [-0.2, 0) is 16.1 Å². The Kier molecular flexibility index (Phi) is 6.11. The standard InChI is InChI=1S/C17H19N3O3/c1-2-23-15-8-6-13(7-9-15)20-17(22)11-16(21)19-12-14-5-3-4-10-18-14/h3-10H,2,11-12H2,1H3,(H,19,21)(H,20,22). The van der Waals surface area contributed by atoms with Gasteiger partial charge in [-0.3, -0.25) is 14.6 Å². The fourth-order valence-electron chi connectivity index (χ4n) is 1.91. The van der Waals surface area contributed by atoms with Crippen molar-refractivity contribution in [3.63, 3.8) is 0 Å². The van der Waals surface area contributed by atoms with Gasteiger partial charge in [0.1, 0.15) is 12.2 Å². The van der Waals surface area contributed by atoms with Crippen LogP contribution in [0.4, 0.5) is 5.69 Å². The van der Waals surface area contributed by atoms with E-state index < -0.39 is 0 Å². The highest BCUT2D eigenvalue weighted by atomic mass is 16.5. The Hall–Kier alpha value is -2.89. The van der Waals surface area contributed by atoms with Gasteiger partial charge in [-0.25, -0.2) is 0 Å². The summed E-state index contributed by atoms with van der Waals surface area (Å²) in [5.41, 5.74) is 1.36. The molecule has 1 aromatic heterocycles. The molecule has 2 amide bonds. The van der Waals surface area contributed by atoms with Gasteiger partial charge in [0, 0.05) is 11.9 Å². The summed E-state index contributed by atoms with van der Waals surface area (Å²) in [5, 5.41) is 5.33. The second kappa shape index (κ2) is 8.53. The molecule has 0 radical (unpaired) electrons. The van der Waals surface area contributed by atoms with E-state index in [0.717, 1.165) is 11.4 Å². The summed E-state index contributed by atoms with van der Waals surface area (Å²) in [4.78, 5) is 27.7. The molecule has 2 aromatic rings. The van der Waals surface area contributed by atoms with Gasteiger partial charge in [0.15, 0.2) is 0 Å². The number of anilines is 1. The van der Waals surface area contributed by atoms with Crippen molar-refractivity contribution < 1.29 is 14.3 Å². The summed E-state index contributed by atoms with van der Waals surface area (Å²) >= 11 is 0. The summed E-state index contributed by atoms with van der Waals surface area (Å²) < 4.78 is 5.32. The van der Waals surface area contributed by atoms with E-state index in [1.165, 1.54) is 0 Å². The van der Waals surface area contributed by atoms with E-state index in [1.54, 1.807) is 42.6 Å². The second-order valence-electron chi connectivity index (χ2n) is 4.78. The summed E-state index contributed by atoms with van der Waals surface area (Å²) in [5.74, 6) is 0.0189. The Balaban J connectivity index is 1.76. The first-order valence-electron chi connectivity index (χ1n) is 7.36. The van der Waals surface area contributed by atoms with Gasteiger partial charge in [-0.1, -0.05) is 6.07 Å². The fourth-order valence-corrected chi connectivity index (χ4v) is 1.91. The van der Waals surface area contributed by atoms with Gasteiger partial charge in [0.25, 0.3) is 0 Å². The Labute approximate surface area is 134 Å². The average molecular weight is 313 g/mol. The Morgan fingerprint density at radius 3 is 2.52 bits per heavy atom. The lowest BCUT2D eigenvalue weighted by atomic mass is 10.3. The van der Waals surface area contributed by atoms with Crippen molar-refractivity contribution in [1.82, 2.24) is 10.3 Å². The third-order valence-electron chi connectivity index (χ3n) is 2.96. The van der Waals surface area contributed by atoms with Crippen LogP contribution < -0.4 is 15.4 Å². The van der Waals surface area contributed by atoms with E-state index in [0.29, 0.717) is 18.8 Å². The van der Waals surface area contributed by atoms with Crippen molar-refractivity contribution >= 4 is 17.5 Å². The third kappa shape index (κ3) is 5.78. The number of carbonyl (C=O) groups excluding carboxylic acids is 2. The smallest absolute Gasteiger partial charge is 0.233 e. The normalized spacial score (nSPS) is 9.96. The molecule has 1 aromatic carbocycles. The van der Waals surface area contributed by atoms with E-state index in [-0.39, 0.29) is 18.2 Å². The zero-order valence-electron chi connectivity index (χ0n) is 12.9. The zero-order valence-corrected chi connectivity index (χ0v) is 12.9. The monoisotopic (exact) mass is 313 g/mol. The highest BCUT2D eigenvalue weighted by molar-refractivity contribution is 6.03. The molecule has 23 heavy (non-hydrogen) atoms. The maximum atomic E-state index is 11.8. The van der Waals surface area contributed by atoms with Crippen molar-refractivity contribution in [2.45, 2.75) is 19.9 Å². The number of nitrogens with one attached hydrogen (secondary N) is 2. The van der Waals surface area contributed by atoms with Crippen LogP contribution in [0.5, 0.6) is 5.75 Å². The number of pyridine rings is 1. The lowest BCUT2D eigenvalue weighted by Crippen LogP contribution is -2.28. The molecule has 0 aliphatic carbocycles. The molecular weight excluding hydrogens is 294 g/mol. The molecule has 120 valence electrons. The number of aromatic nitrogens is 1. The predicted octanol–water partition coefficient (Wildman–Crippen LogP) is 2.13. The van der Waals surface area contributed by atoms with Crippen LogP contribution in [0, 0.1) is 0 Å². The molecule has 6 nitrogen and oxygen atoms in total. The molecule has 0 saturated carbocycles. The number of nitrogens with zero attached hydrogens (tertiary/aromatic N) is 1. The molecule has 0 fully saturated rings. The van der Waals surface area contributed by atoms with Crippen LogP contribution in [-0.4, -0.2) is 23.4 Å². The first kappa shape index (κ1) is 16.5. The van der Waals surface area contributed by atoms with Crippen LogP contribution >= 0.6 is 0 Å². The Bertz CT molecular complexity index is 642. The van der Waals surface area contributed by atoms with Crippen LogP contribution in [0.3, 0.4) is 0 Å². The molecule has 0 bridgehead atoms. The van der Waals surface area contributed by atoms with E-state index in [1.807, 2.05) is 13.0 Å². The number of carbonyl (C=O) groups is 2. The van der Waals surface area contributed by atoms with E-state index >= 15 is 0 Å². The van der Waals surface area contributed by atoms with Crippen LogP contribution in [0.15, 0.2) is 48.7 Å². The number of hydrogen-bond donors (Lipinski definition) is 2. The number of amides is 2. The number of ether oxygens (including phenoxy) is 1. The van der Waals surface area contributed by atoms with Gasteiger partial charge >= 0.3 is 0 Å². The number of rotatable bonds is 7. The highest BCUT2D eigenvalue weighted by Gasteiger charge is 2.09. The molecule has 0 atom stereocenters. The first-order chi connectivity index (χ1) is 11.2. The first-order valence-corrected chi connectivity index (χ1v) is 7.36. The van der Waals surface area contributed by atoms with Gasteiger partial charge in [0.05, 0.1) is 18.8 Å². The van der Waals surface area contributed by atoms with E-state index in [9.17, 15) is 9.59 Å². The SMILES string of the molecule is CCOc1ccc(NC(=O)CC(=O)NCc2ccccn2)cc1. The van der Waals surface area contributed by atoms with Crippen molar-refractivity contribution in [2.24, 2.45) is 0 Å². The molecule has 0 saturated heterocycles. The number of hydrogen-bond acceptors (Lipinski definition) is 4. The summed E-state index contributed by atoms with van der Waals surface area (Å²) in [6, 6.07) is 12.4. The van der Waals surface area contributed by atoms with Gasteiger partial charge in [0.2, 0.25) is 11.8 Å². The minimum Gasteiger partial charge on any atom is -0.494 e. The van der Waals surface area contributed by atoms with Crippen LogP contribution in [0.2, 0.25) is 0 Å². The molecule has 0 aliphatic heterocycles. The van der Waals surface area contributed by atoms with Gasteiger partial charge in [-0.15, -0.1) is 0 Å². The van der Waals surface area contributed by atoms with Crippen LogP contribution in [0.1, 0.15) is 19.0 Å². The minimum absolute atomic E-state index is 0.236. The predicted molar refractivity (Wildman–Crippen MR) is 86.9 cm³/mol. The Morgan fingerprint density at radius 1 is 1.09 bits per heavy atom. The molecular formula is C17H19N3O3. The fraction of sp³-hybridized carbons (Fsp3) is 0.235. The van der Waals surface area contributed by atoms with Crippen molar-refractivity contribution in [3.05, 3.63) is 54.4 Å². The summed E-state index contributed by atoms with van der Waals surface area (Å²) in [6.45, 7) is 2.79.